The first kappa shape index (κ1) is 16.5. The molecule has 22 heavy (non-hydrogen) atoms. The van der Waals surface area contributed by atoms with Crippen molar-refractivity contribution in [2.75, 3.05) is 5.75 Å². The maximum absolute atomic E-state index is 12.3. The monoisotopic (exact) mass is 339 g/mol. The molecule has 2 aromatic carbocycles. The molecule has 0 aliphatic heterocycles. The maximum atomic E-state index is 12.3. The van der Waals surface area contributed by atoms with E-state index in [1.165, 1.54) is 24.3 Å². The number of hydrogen-bond donors (Lipinski definition) is 0. The lowest BCUT2D eigenvalue weighted by Gasteiger charge is -2.11. The summed E-state index contributed by atoms with van der Waals surface area (Å²) in [6, 6.07) is 12.1. The van der Waals surface area contributed by atoms with E-state index in [1.54, 1.807) is 12.1 Å². The van der Waals surface area contributed by atoms with Crippen LogP contribution in [0.15, 0.2) is 53.4 Å². The number of nitro groups is 1. The summed E-state index contributed by atoms with van der Waals surface area (Å²) in [4.78, 5) is 10.0. The first-order valence-electron chi connectivity index (χ1n) is 6.47. The number of benzene rings is 2. The first-order chi connectivity index (χ1) is 10.3. The van der Waals surface area contributed by atoms with Crippen LogP contribution in [0.5, 0.6) is 0 Å². The molecule has 0 radical (unpaired) electrons. The highest BCUT2D eigenvalue weighted by molar-refractivity contribution is 7.91. The molecule has 1 unspecified atom stereocenters. The van der Waals surface area contributed by atoms with E-state index in [1.807, 2.05) is 19.1 Å². The van der Waals surface area contributed by atoms with Crippen LogP contribution in [0.4, 0.5) is 5.69 Å². The molecular formula is C15H14ClNO4S. The molecular weight excluding hydrogens is 326 g/mol. The normalized spacial score (nSPS) is 12.8. The predicted molar refractivity (Wildman–Crippen MR) is 84.9 cm³/mol. The summed E-state index contributed by atoms with van der Waals surface area (Å²) in [5.41, 5.74) is 1.63. The zero-order chi connectivity index (χ0) is 16.3. The first-order valence-corrected chi connectivity index (χ1v) is 8.56. The quantitative estimate of drug-likeness (QED) is 0.473. The van der Waals surface area contributed by atoms with E-state index in [0.29, 0.717) is 0 Å². The van der Waals surface area contributed by atoms with Gasteiger partial charge in [0.2, 0.25) is 0 Å². The molecule has 2 rings (SSSR count). The lowest BCUT2D eigenvalue weighted by molar-refractivity contribution is -0.384. The number of aryl methyl sites for hydroxylation is 1. The molecule has 0 aromatic heterocycles. The van der Waals surface area contributed by atoms with Crippen molar-refractivity contribution in [2.24, 2.45) is 0 Å². The highest BCUT2D eigenvalue weighted by Crippen LogP contribution is 2.26. The molecule has 0 spiro atoms. The Kier molecular flexibility index (Phi) is 4.83. The Morgan fingerprint density at radius 2 is 1.64 bits per heavy atom. The average Bonchev–Trinajstić information content (AvgIpc) is 2.47. The van der Waals surface area contributed by atoms with Crippen LogP contribution in [0, 0.1) is 17.0 Å². The Balaban J connectivity index is 2.19. The largest absolute Gasteiger partial charge is 0.269 e. The predicted octanol–water partition coefficient (Wildman–Crippen LogP) is 3.66. The summed E-state index contributed by atoms with van der Waals surface area (Å²) < 4.78 is 24.6. The number of nitro benzene ring substituents is 1. The summed E-state index contributed by atoms with van der Waals surface area (Å²) in [6.45, 7) is 1.93. The number of hydrogen-bond acceptors (Lipinski definition) is 4. The zero-order valence-corrected chi connectivity index (χ0v) is 13.3. The molecule has 0 amide bonds. The van der Waals surface area contributed by atoms with E-state index >= 15 is 0 Å². The van der Waals surface area contributed by atoms with Gasteiger partial charge in [-0.25, -0.2) is 8.42 Å². The fourth-order valence-corrected chi connectivity index (χ4v) is 3.90. The van der Waals surface area contributed by atoms with Crippen LogP contribution < -0.4 is 0 Å². The van der Waals surface area contributed by atoms with Gasteiger partial charge < -0.3 is 0 Å². The second-order valence-electron chi connectivity index (χ2n) is 4.91. The van der Waals surface area contributed by atoms with Gasteiger partial charge in [0.25, 0.3) is 5.69 Å². The van der Waals surface area contributed by atoms with Gasteiger partial charge in [0.15, 0.2) is 9.84 Å². The van der Waals surface area contributed by atoms with Crippen LogP contribution in [-0.4, -0.2) is 19.1 Å². The molecule has 1 atom stereocenters. The third-order valence-electron chi connectivity index (χ3n) is 3.21. The van der Waals surface area contributed by atoms with E-state index in [0.717, 1.165) is 11.1 Å². The molecule has 0 bridgehead atoms. The van der Waals surface area contributed by atoms with Gasteiger partial charge in [-0.2, -0.15) is 0 Å². The molecule has 0 fully saturated rings. The van der Waals surface area contributed by atoms with Crippen molar-refractivity contribution in [1.29, 1.82) is 0 Å². The van der Waals surface area contributed by atoms with Crippen molar-refractivity contribution in [3.05, 3.63) is 69.8 Å². The second-order valence-corrected chi connectivity index (χ2v) is 7.47. The minimum Gasteiger partial charge on any atom is -0.258 e. The molecule has 5 nitrogen and oxygen atoms in total. The topological polar surface area (TPSA) is 77.3 Å². The summed E-state index contributed by atoms with van der Waals surface area (Å²) in [5, 5.41) is 9.91. The molecule has 7 heteroatoms. The summed E-state index contributed by atoms with van der Waals surface area (Å²) in [5.74, 6) is -0.268. The Morgan fingerprint density at radius 1 is 1.09 bits per heavy atom. The molecule has 0 saturated heterocycles. The SMILES string of the molecule is Cc1ccc(C(Cl)CS(=O)(=O)c2ccc([N+](=O)[O-])cc2)cc1. The lowest BCUT2D eigenvalue weighted by Crippen LogP contribution is -2.11. The minimum absolute atomic E-state index is 0.0239. The Hall–Kier alpha value is -1.92. The van der Waals surface area contributed by atoms with E-state index in [9.17, 15) is 18.5 Å². The molecule has 0 heterocycles. The number of nitrogens with zero attached hydrogens (tertiary/aromatic N) is 1. The van der Waals surface area contributed by atoms with Gasteiger partial charge in [-0.05, 0) is 24.6 Å². The van der Waals surface area contributed by atoms with E-state index in [4.69, 9.17) is 11.6 Å². The summed E-state index contributed by atoms with van der Waals surface area (Å²) in [6.07, 6.45) is 0. The second kappa shape index (κ2) is 6.46. The van der Waals surface area contributed by atoms with Crippen molar-refractivity contribution in [3.8, 4) is 0 Å². The Morgan fingerprint density at radius 3 is 2.14 bits per heavy atom. The molecule has 0 aliphatic carbocycles. The van der Waals surface area contributed by atoms with E-state index in [2.05, 4.69) is 0 Å². The highest BCUT2D eigenvalue weighted by Gasteiger charge is 2.21. The van der Waals surface area contributed by atoms with Crippen molar-refractivity contribution in [3.63, 3.8) is 0 Å². The van der Waals surface area contributed by atoms with Gasteiger partial charge >= 0.3 is 0 Å². The Labute approximate surface area is 133 Å². The summed E-state index contributed by atoms with van der Waals surface area (Å²) in [7, 11) is -3.61. The number of alkyl halides is 1. The van der Waals surface area contributed by atoms with E-state index < -0.39 is 20.1 Å². The van der Waals surface area contributed by atoms with Crippen LogP contribution in [-0.2, 0) is 9.84 Å². The van der Waals surface area contributed by atoms with Crippen LogP contribution in [0.25, 0.3) is 0 Å². The van der Waals surface area contributed by atoms with Crippen LogP contribution in [0.1, 0.15) is 16.5 Å². The zero-order valence-electron chi connectivity index (χ0n) is 11.8. The maximum Gasteiger partial charge on any atom is 0.269 e. The van der Waals surface area contributed by atoms with Crippen molar-refractivity contribution in [2.45, 2.75) is 17.2 Å². The highest BCUT2D eigenvalue weighted by atomic mass is 35.5. The standard InChI is InChI=1S/C15H14ClNO4S/c1-11-2-4-12(5-3-11)15(16)10-22(20,21)14-8-6-13(7-9-14)17(18)19/h2-9,15H,10H2,1H3. The van der Waals surface area contributed by atoms with Crippen molar-refractivity contribution < 1.29 is 13.3 Å². The van der Waals surface area contributed by atoms with E-state index in [-0.39, 0.29) is 16.3 Å². The third-order valence-corrected chi connectivity index (χ3v) is 5.56. The van der Waals surface area contributed by atoms with Crippen LogP contribution in [0.2, 0.25) is 0 Å². The van der Waals surface area contributed by atoms with Gasteiger partial charge in [0.05, 0.1) is 20.9 Å². The fraction of sp³-hybridized carbons (Fsp3) is 0.200. The molecule has 0 saturated carbocycles. The van der Waals surface area contributed by atoms with Crippen LogP contribution in [0.3, 0.4) is 0 Å². The minimum atomic E-state index is -3.61. The lowest BCUT2D eigenvalue weighted by atomic mass is 10.1. The van der Waals surface area contributed by atoms with Crippen LogP contribution >= 0.6 is 11.6 Å². The van der Waals surface area contributed by atoms with Gasteiger partial charge in [-0.1, -0.05) is 29.8 Å². The van der Waals surface area contributed by atoms with Gasteiger partial charge in [0, 0.05) is 12.1 Å². The van der Waals surface area contributed by atoms with Crippen molar-refractivity contribution >= 4 is 27.1 Å². The average molecular weight is 340 g/mol. The smallest absolute Gasteiger partial charge is 0.258 e. The van der Waals surface area contributed by atoms with Crippen molar-refractivity contribution in [1.82, 2.24) is 0 Å². The van der Waals surface area contributed by atoms with Gasteiger partial charge in [-0.3, -0.25) is 10.1 Å². The number of sulfone groups is 1. The third kappa shape index (κ3) is 3.84. The molecule has 0 N–H and O–H groups in total. The number of halogens is 1. The van der Waals surface area contributed by atoms with Gasteiger partial charge in [-0.15, -0.1) is 11.6 Å². The number of rotatable bonds is 5. The molecule has 116 valence electrons. The Bertz CT molecular complexity index is 770. The van der Waals surface area contributed by atoms with Gasteiger partial charge in [0.1, 0.15) is 0 Å². The number of non-ortho nitro benzene ring substituents is 1. The molecule has 2 aromatic rings. The molecule has 0 aliphatic rings. The summed E-state index contributed by atoms with van der Waals surface area (Å²) >= 11 is 6.19. The fourth-order valence-electron chi connectivity index (χ4n) is 1.94.